The molecule has 0 spiro atoms. The Kier molecular flexibility index (Phi) is 5.28. The number of piperazine rings is 1. The monoisotopic (exact) mass is 427 g/mol. The summed E-state index contributed by atoms with van der Waals surface area (Å²) in [5.74, 6) is 0.582. The first-order valence-electron chi connectivity index (χ1n) is 10.7. The van der Waals surface area contributed by atoms with Crippen molar-refractivity contribution in [1.29, 1.82) is 0 Å². The van der Waals surface area contributed by atoms with Crippen molar-refractivity contribution in [2.24, 2.45) is 0 Å². The second-order valence-electron chi connectivity index (χ2n) is 8.09. The van der Waals surface area contributed by atoms with Crippen LogP contribution >= 0.6 is 0 Å². The van der Waals surface area contributed by atoms with Gasteiger partial charge in [-0.1, -0.05) is 6.07 Å². The third-order valence-corrected chi connectivity index (χ3v) is 5.84. The van der Waals surface area contributed by atoms with Gasteiger partial charge in [0.2, 0.25) is 5.95 Å². The van der Waals surface area contributed by atoms with Crippen molar-refractivity contribution in [3.8, 4) is 11.4 Å². The van der Waals surface area contributed by atoms with Gasteiger partial charge in [0.15, 0.2) is 0 Å². The number of carbonyl (C=O) groups excluding carboxylic acids is 1. The zero-order valence-corrected chi connectivity index (χ0v) is 18.2. The topological polar surface area (TPSA) is 78.7 Å². The van der Waals surface area contributed by atoms with Crippen LogP contribution in [0.4, 0.5) is 11.6 Å². The van der Waals surface area contributed by atoms with Crippen LogP contribution in [0.5, 0.6) is 0 Å². The molecule has 0 saturated carbocycles. The van der Waals surface area contributed by atoms with Crippen LogP contribution in [0.15, 0.2) is 61.1 Å². The van der Waals surface area contributed by atoms with Gasteiger partial charge in [-0.3, -0.25) is 9.20 Å². The number of imidazole rings is 1. The molecule has 1 fully saturated rings. The van der Waals surface area contributed by atoms with E-state index in [4.69, 9.17) is 0 Å². The lowest BCUT2D eigenvalue weighted by molar-refractivity contribution is 0.0663. The quantitative estimate of drug-likeness (QED) is 0.539. The minimum atomic E-state index is 0.0907. The summed E-state index contributed by atoms with van der Waals surface area (Å²) in [6.45, 7) is 5.30. The van der Waals surface area contributed by atoms with E-state index in [0.29, 0.717) is 5.95 Å². The molecule has 1 aliphatic heterocycles. The van der Waals surface area contributed by atoms with Crippen LogP contribution in [-0.2, 0) is 0 Å². The van der Waals surface area contributed by atoms with Crippen LogP contribution in [-0.4, -0.2) is 68.3 Å². The van der Waals surface area contributed by atoms with E-state index in [1.165, 1.54) is 0 Å². The highest BCUT2D eigenvalue weighted by Crippen LogP contribution is 2.23. The van der Waals surface area contributed by atoms with Gasteiger partial charge in [0.25, 0.3) is 5.91 Å². The Hall–Kier alpha value is -3.78. The van der Waals surface area contributed by atoms with Gasteiger partial charge in [-0.25, -0.2) is 15.0 Å². The Labute approximate surface area is 186 Å². The summed E-state index contributed by atoms with van der Waals surface area (Å²) < 4.78 is 2.00. The fraction of sp³-hybridized carbons (Fsp3) is 0.250. The van der Waals surface area contributed by atoms with Crippen LogP contribution in [0.1, 0.15) is 15.9 Å². The molecule has 5 rings (SSSR count). The van der Waals surface area contributed by atoms with E-state index in [2.05, 4.69) is 32.2 Å². The van der Waals surface area contributed by atoms with Crippen molar-refractivity contribution in [2.45, 2.75) is 6.92 Å². The van der Waals surface area contributed by atoms with Gasteiger partial charge >= 0.3 is 0 Å². The third-order valence-electron chi connectivity index (χ3n) is 5.84. The molecule has 0 bridgehead atoms. The van der Waals surface area contributed by atoms with Crippen molar-refractivity contribution in [2.75, 3.05) is 38.5 Å². The van der Waals surface area contributed by atoms with E-state index in [1.807, 2.05) is 71.1 Å². The average Bonchev–Trinajstić information content (AvgIpc) is 3.24. The number of hydrogen-bond donors (Lipinski definition) is 1. The minimum absolute atomic E-state index is 0.0907. The number of pyridine rings is 1. The van der Waals surface area contributed by atoms with E-state index in [9.17, 15) is 4.79 Å². The van der Waals surface area contributed by atoms with E-state index < -0.39 is 0 Å². The molecule has 1 aromatic carbocycles. The SMILES string of the molecule is Cc1cc(Nc2nccc(-c3cnc4ccccn34)n2)ccc1C(=O)N1CCN(C)CC1. The molecule has 0 unspecified atom stereocenters. The van der Waals surface area contributed by atoms with Gasteiger partial charge in [0, 0.05) is 49.8 Å². The van der Waals surface area contributed by atoms with Crippen LogP contribution in [0.2, 0.25) is 0 Å². The Balaban J connectivity index is 1.35. The number of fused-ring (bicyclic) bond motifs is 1. The first-order chi connectivity index (χ1) is 15.6. The first-order valence-corrected chi connectivity index (χ1v) is 10.7. The van der Waals surface area contributed by atoms with Crippen molar-refractivity contribution < 1.29 is 4.79 Å². The lowest BCUT2D eigenvalue weighted by Crippen LogP contribution is -2.47. The first kappa shape index (κ1) is 20.1. The number of anilines is 2. The number of aromatic nitrogens is 4. The van der Waals surface area contributed by atoms with Gasteiger partial charge < -0.3 is 15.1 Å². The van der Waals surface area contributed by atoms with Crippen molar-refractivity contribution in [3.05, 3.63) is 72.2 Å². The van der Waals surface area contributed by atoms with E-state index in [-0.39, 0.29) is 5.91 Å². The van der Waals surface area contributed by atoms with Gasteiger partial charge in [-0.15, -0.1) is 0 Å². The molecule has 1 aliphatic rings. The highest BCUT2D eigenvalue weighted by Gasteiger charge is 2.21. The van der Waals surface area contributed by atoms with E-state index in [0.717, 1.165) is 60.0 Å². The molecule has 32 heavy (non-hydrogen) atoms. The number of likely N-dealkylation sites (N-methyl/N-ethyl adjacent to an activating group) is 1. The Morgan fingerprint density at radius 2 is 1.88 bits per heavy atom. The van der Waals surface area contributed by atoms with Gasteiger partial charge in [0.05, 0.1) is 17.6 Å². The molecule has 1 amide bonds. The third kappa shape index (κ3) is 3.92. The largest absolute Gasteiger partial charge is 0.336 e. The number of benzene rings is 1. The Morgan fingerprint density at radius 1 is 1.03 bits per heavy atom. The number of carbonyl (C=O) groups is 1. The van der Waals surface area contributed by atoms with Crippen LogP contribution in [0, 0.1) is 6.92 Å². The fourth-order valence-electron chi connectivity index (χ4n) is 3.97. The van der Waals surface area contributed by atoms with Crippen LogP contribution in [0.3, 0.4) is 0 Å². The molecule has 162 valence electrons. The molecule has 1 saturated heterocycles. The van der Waals surface area contributed by atoms with E-state index in [1.54, 1.807) is 6.20 Å². The van der Waals surface area contributed by atoms with Crippen LogP contribution < -0.4 is 5.32 Å². The average molecular weight is 428 g/mol. The number of aryl methyl sites for hydroxylation is 1. The maximum atomic E-state index is 12.9. The summed E-state index contributed by atoms with van der Waals surface area (Å²) in [6, 6.07) is 13.5. The van der Waals surface area contributed by atoms with Gasteiger partial charge in [-0.05, 0) is 55.9 Å². The van der Waals surface area contributed by atoms with Crippen molar-refractivity contribution in [3.63, 3.8) is 0 Å². The molecule has 8 heteroatoms. The highest BCUT2D eigenvalue weighted by atomic mass is 16.2. The molecule has 4 heterocycles. The predicted molar refractivity (Wildman–Crippen MR) is 124 cm³/mol. The molecule has 1 N–H and O–H groups in total. The Morgan fingerprint density at radius 3 is 2.69 bits per heavy atom. The number of hydrogen-bond acceptors (Lipinski definition) is 6. The zero-order valence-electron chi connectivity index (χ0n) is 18.2. The molecule has 3 aromatic heterocycles. The van der Waals surface area contributed by atoms with Crippen LogP contribution in [0.25, 0.3) is 17.0 Å². The normalized spacial score (nSPS) is 14.6. The number of nitrogens with one attached hydrogen (secondary N) is 1. The number of rotatable bonds is 4. The molecular weight excluding hydrogens is 402 g/mol. The highest BCUT2D eigenvalue weighted by molar-refractivity contribution is 5.96. The summed E-state index contributed by atoms with van der Waals surface area (Å²) in [6.07, 6.45) is 5.50. The smallest absolute Gasteiger partial charge is 0.254 e. The van der Waals surface area contributed by atoms with Gasteiger partial charge in [0.1, 0.15) is 5.65 Å². The van der Waals surface area contributed by atoms with Gasteiger partial charge in [-0.2, -0.15) is 0 Å². The number of amides is 1. The molecule has 0 aliphatic carbocycles. The lowest BCUT2D eigenvalue weighted by Gasteiger charge is -2.32. The molecule has 8 nitrogen and oxygen atoms in total. The summed E-state index contributed by atoms with van der Waals surface area (Å²) >= 11 is 0. The lowest BCUT2D eigenvalue weighted by atomic mass is 10.1. The number of nitrogens with zero attached hydrogens (tertiary/aromatic N) is 6. The second-order valence-corrected chi connectivity index (χ2v) is 8.09. The molecule has 4 aromatic rings. The summed E-state index contributed by atoms with van der Waals surface area (Å²) in [5.41, 5.74) is 5.05. The Bertz CT molecular complexity index is 1270. The standard InChI is InChI=1S/C24H25N7O/c1-17-15-18(6-7-19(17)23(32)30-13-11-29(2)12-14-30)27-24-25-9-8-20(28-24)21-16-26-22-5-3-4-10-31(21)22/h3-10,15-16H,11-14H2,1-2H3,(H,25,27,28). The summed E-state index contributed by atoms with van der Waals surface area (Å²) in [4.78, 5) is 30.6. The molecular formula is C24H25N7O. The molecule has 0 radical (unpaired) electrons. The maximum Gasteiger partial charge on any atom is 0.254 e. The summed E-state index contributed by atoms with van der Waals surface area (Å²) in [7, 11) is 2.08. The predicted octanol–water partition coefficient (Wildman–Crippen LogP) is 3.23. The van der Waals surface area contributed by atoms with Crippen molar-refractivity contribution in [1.82, 2.24) is 29.2 Å². The fourth-order valence-corrected chi connectivity index (χ4v) is 3.97. The molecule has 0 atom stereocenters. The second kappa shape index (κ2) is 8.39. The van der Waals surface area contributed by atoms with E-state index >= 15 is 0 Å². The maximum absolute atomic E-state index is 12.9. The van der Waals surface area contributed by atoms with Crippen molar-refractivity contribution >= 4 is 23.2 Å². The summed E-state index contributed by atoms with van der Waals surface area (Å²) in [5, 5.41) is 3.26. The minimum Gasteiger partial charge on any atom is -0.336 e. The zero-order chi connectivity index (χ0) is 22.1.